The Morgan fingerprint density at radius 1 is 1.10 bits per heavy atom. The topological polar surface area (TPSA) is 83.4 Å². The second kappa shape index (κ2) is 10.5. The second-order valence-electron chi connectivity index (χ2n) is 7.24. The first-order valence-corrected chi connectivity index (χ1v) is 11.4. The van der Waals surface area contributed by atoms with E-state index in [1.807, 2.05) is 23.7 Å². The van der Waals surface area contributed by atoms with Crippen LogP contribution in [0.5, 0.6) is 0 Å². The van der Waals surface area contributed by atoms with Gasteiger partial charge in [-0.15, -0.1) is 10.2 Å². The predicted molar refractivity (Wildman–Crippen MR) is 120 cm³/mol. The molecule has 1 N–H and O–H groups in total. The van der Waals surface area contributed by atoms with Gasteiger partial charge >= 0.3 is 0 Å². The van der Waals surface area contributed by atoms with Crippen molar-refractivity contribution in [1.82, 2.24) is 25.0 Å². The van der Waals surface area contributed by atoms with Gasteiger partial charge in [0.15, 0.2) is 11.0 Å². The molecule has 9 heteroatoms. The molecule has 0 bridgehead atoms. The number of carbonyl (C=O) groups excluding carboxylic acids is 2. The quantitative estimate of drug-likeness (QED) is 0.614. The zero-order valence-corrected chi connectivity index (χ0v) is 18.7. The number of aromatic nitrogens is 3. The zero-order valence-electron chi connectivity index (χ0n) is 17.9. The van der Waals surface area contributed by atoms with Crippen LogP contribution in [0.4, 0.5) is 5.69 Å². The molecule has 0 saturated carbocycles. The molecule has 0 unspecified atom stereocenters. The highest BCUT2D eigenvalue weighted by atomic mass is 32.2. The van der Waals surface area contributed by atoms with Crippen LogP contribution in [-0.4, -0.2) is 70.0 Å². The number of likely N-dealkylation sites (tertiary alicyclic amines) is 1. The molecule has 1 aliphatic heterocycles. The Hall–Kier alpha value is -2.55. The molecule has 8 nitrogen and oxygen atoms in total. The van der Waals surface area contributed by atoms with E-state index in [1.54, 1.807) is 4.90 Å². The Kier molecular flexibility index (Phi) is 7.73. The number of benzene rings is 1. The summed E-state index contributed by atoms with van der Waals surface area (Å²) in [5.74, 6) is 0.758. The summed E-state index contributed by atoms with van der Waals surface area (Å²) in [5.41, 5.74) is 2.16. The summed E-state index contributed by atoms with van der Waals surface area (Å²) in [7, 11) is 1.89. The number of hydrogen-bond acceptors (Lipinski definition) is 6. The van der Waals surface area contributed by atoms with Crippen LogP contribution < -0.4 is 10.2 Å². The Labute approximate surface area is 182 Å². The summed E-state index contributed by atoms with van der Waals surface area (Å²) in [6, 6.07) is 8.27. The molecular formula is C21H30N6O2S. The van der Waals surface area contributed by atoms with Crippen LogP contribution in [0.1, 0.15) is 26.7 Å². The van der Waals surface area contributed by atoms with Gasteiger partial charge in [0, 0.05) is 44.5 Å². The SMILES string of the molecule is CCN(CC)c1ccc(-c2nnc(SCC(=O)NCC(=O)N3CCCC3)n2C)cc1. The first kappa shape index (κ1) is 22.1. The minimum atomic E-state index is -0.180. The Balaban J connectivity index is 1.53. The van der Waals surface area contributed by atoms with E-state index in [4.69, 9.17) is 0 Å². The van der Waals surface area contributed by atoms with Crippen LogP contribution in [0.25, 0.3) is 11.4 Å². The molecule has 0 atom stereocenters. The van der Waals surface area contributed by atoms with E-state index in [9.17, 15) is 9.59 Å². The lowest BCUT2D eigenvalue weighted by Gasteiger charge is -2.21. The van der Waals surface area contributed by atoms with Gasteiger partial charge in [-0.3, -0.25) is 9.59 Å². The van der Waals surface area contributed by atoms with Crippen LogP contribution in [0.3, 0.4) is 0 Å². The fourth-order valence-corrected chi connectivity index (χ4v) is 4.28. The van der Waals surface area contributed by atoms with E-state index in [0.717, 1.165) is 50.4 Å². The number of nitrogens with one attached hydrogen (secondary N) is 1. The first-order valence-electron chi connectivity index (χ1n) is 10.5. The molecule has 2 aromatic rings. The summed E-state index contributed by atoms with van der Waals surface area (Å²) in [6.45, 7) is 7.85. The molecule has 162 valence electrons. The summed E-state index contributed by atoms with van der Waals surface area (Å²) in [6.07, 6.45) is 2.09. The van der Waals surface area contributed by atoms with Crippen molar-refractivity contribution in [2.75, 3.05) is 43.4 Å². The molecule has 30 heavy (non-hydrogen) atoms. The maximum Gasteiger partial charge on any atom is 0.241 e. The number of carbonyl (C=O) groups is 2. The Morgan fingerprint density at radius 3 is 2.40 bits per heavy atom. The molecular weight excluding hydrogens is 400 g/mol. The molecule has 2 amide bonds. The van der Waals surface area contributed by atoms with E-state index in [-0.39, 0.29) is 24.1 Å². The lowest BCUT2D eigenvalue weighted by molar-refractivity contribution is -0.131. The Morgan fingerprint density at radius 2 is 1.77 bits per heavy atom. The number of rotatable bonds is 9. The van der Waals surface area contributed by atoms with E-state index in [1.165, 1.54) is 17.4 Å². The minimum Gasteiger partial charge on any atom is -0.372 e. The lowest BCUT2D eigenvalue weighted by Crippen LogP contribution is -2.39. The van der Waals surface area contributed by atoms with Gasteiger partial charge in [-0.1, -0.05) is 11.8 Å². The molecule has 1 aliphatic rings. The molecule has 1 fully saturated rings. The van der Waals surface area contributed by atoms with Gasteiger partial charge in [-0.25, -0.2) is 0 Å². The number of nitrogens with zero attached hydrogens (tertiary/aromatic N) is 5. The Bertz CT molecular complexity index is 857. The molecule has 0 spiro atoms. The van der Waals surface area contributed by atoms with Crippen molar-refractivity contribution in [2.24, 2.45) is 7.05 Å². The highest BCUT2D eigenvalue weighted by Crippen LogP contribution is 2.25. The van der Waals surface area contributed by atoms with Crippen molar-refractivity contribution in [1.29, 1.82) is 0 Å². The zero-order chi connectivity index (χ0) is 21.5. The average Bonchev–Trinajstić information content (AvgIpc) is 3.42. The van der Waals surface area contributed by atoms with Gasteiger partial charge in [0.1, 0.15) is 0 Å². The van der Waals surface area contributed by atoms with Crippen LogP contribution in [0, 0.1) is 0 Å². The van der Waals surface area contributed by atoms with Gasteiger partial charge in [0.05, 0.1) is 12.3 Å². The molecule has 1 aromatic carbocycles. The van der Waals surface area contributed by atoms with E-state index < -0.39 is 0 Å². The van der Waals surface area contributed by atoms with E-state index in [0.29, 0.717) is 5.16 Å². The lowest BCUT2D eigenvalue weighted by atomic mass is 10.2. The first-order chi connectivity index (χ1) is 14.5. The van der Waals surface area contributed by atoms with Gasteiger partial charge in [-0.05, 0) is 51.0 Å². The van der Waals surface area contributed by atoms with Crippen LogP contribution in [0.15, 0.2) is 29.4 Å². The fourth-order valence-electron chi connectivity index (χ4n) is 3.54. The minimum absolute atomic E-state index is 0.0139. The van der Waals surface area contributed by atoms with Crippen molar-refractivity contribution in [2.45, 2.75) is 31.8 Å². The standard InChI is InChI=1S/C21H30N6O2S/c1-4-26(5-2)17-10-8-16(9-11-17)20-23-24-21(25(20)3)30-15-18(28)22-14-19(29)27-12-6-7-13-27/h8-11H,4-7,12-15H2,1-3H3,(H,22,28). The average molecular weight is 431 g/mol. The third kappa shape index (κ3) is 5.33. The molecule has 1 aromatic heterocycles. The van der Waals surface area contributed by atoms with Crippen molar-refractivity contribution in [3.63, 3.8) is 0 Å². The third-order valence-electron chi connectivity index (χ3n) is 5.32. The molecule has 3 rings (SSSR count). The second-order valence-corrected chi connectivity index (χ2v) is 8.18. The van der Waals surface area contributed by atoms with Crippen molar-refractivity contribution in [3.8, 4) is 11.4 Å². The summed E-state index contributed by atoms with van der Waals surface area (Å²) >= 11 is 1.31. The van der Waals surface area contributed by atoms with Gasteiger partial charge in [0.2, 0.25) is 11.8 Å². The van der Waals surface area contributed by atoms with Gasteiger partial charge in [-0.2, -0.15) is 0 Å². The van der Waals surface area contributed by atoms with Gasteiger partial charge < -0.3 is 19.7 Å². The predicted octanol–water partition coefficient (Wildman–Crippen LogP) is 2.16. The molecule has 1 saturated heterocycles. The molecule has 0 aliphatic carbocycles. The smallest absolute Gasteiger partial charge is 0.241 e. The van der Waals surface area contributed by atoms with Crippen LogP contribution in [0.2, 0.25) is 0 Å². The van der Waals surface area contributed by atoms with Crippen LogP contribution in [-0.2, 0) is 16.6 Å². The number of amides is 2. The van der Waals surface area contributed by atoms with Gasteiger partial charge in [0.25, 0.3) is 0 Å². The highest BCUT2D eigenvalue weighted by Gasteiger charge is 2.18. The number of anilines is 1. The van der Waals surface area contributed by atoms with Crippen molar-refractivity contribution < 1.29 is 9.59 Å². The maximum atomic E-state index is 12.1. The fraction of sp³-hybridized carbons (Fsp3) is 0.524. The largest absolute Gasteiger partial charge is 0.372 e. The van der Waals surface area contributed by atoms with Crippen molar-refractivity contribution >= 4 is 29.3 Å². The summed E-state index contributed by atoms with van der Waals surface area (Å²) in [4.78, 5) is 28.2. The van der Waals surface area contributed by atoms with Crippen molar-refractivity contribution in [3.05, 3.63) is 24.3 Å². The molecule has 2 heterocycles. The monoisotopic (exact) mass is 430 g/mol. The highest BCUT2D eigenvalue weighted by molar-refractivity contribution is 7.99. The third-order valence-corrected chi connectivity index (χ3v) is 6.34. The maximum absolute atomic E-state index is 12.1. The van der Waals surface area contributed by atoms with E-state index in [2.05, 4.69) is 46.4 Å². The summed E-state index contributed by atoms with van der Waals surface area (Å²) < 4.78 is 1.89. The van der Waals surface area contributed by atoms with Crippen LogP contribution >= 0.6 is 11.8 Å². The normalized spacial score (nSPS) is 13.5. The molecule has 0 radical (unpaired) electrons. The number of hydrogen-bond donors (Lipinski definition) is 1. The van der Waals surface area contributed by atoms with E-state index >= 15 is 0 Å². The number of thioether (sulfide) groups is 1. The summed E-state index contributed by atoms with van der Waals surface area (Å²) in [5, 5.41) is 11.9.